The van der Waals surface area contributed by atoms with Gasteiger partial charge in [0, 0.05) is 25.2 Å². The number of hydrogen-bond acceptors (Lipinski definition) is 3. The third-order valence-electron chi connectivity index (χ3n) is 3.16. The molecular formula is C14H20N2O2. The quantitative estimate of drug-likeness (QED) is 0.825. The molecule has 0 spiro atoms. The van der Waals surface area contributed by atoms with E-state index in [2.05, 4.69) is 4.98 Å². The Balaban J connectivity index is 2.29. The lowest BCUT2D eigenvalue weighted by Gasteiger charge is -2.25. The lowest BCUT2D eigenvalue weighted by atomic mass is 10.1. The number of nitrogens with zero attached hydrogens (tertiary/aromatic N) is 2. The third-order valence-corrected chi connectivity index (χ3v) is 3.16. The third kappa shape index (κ3) is 2.63. The molecule has 0 aromatic carbocycles. The van der Waals surface area contributed by atoms with Gasteiger partial charge in [-0.1, -0.05) is 6.07 Å². The van der Waals surface area contributed by atoms with Gasteiger partial charge in [0.05, 0.1) is 12.1 Å². The van der Waals surface area contributed by atoms with Gasteiger partial charge >= 0.3 is 0 Å². The van der Waals surface area contributed by atoms with Crippen molar-refractivity contribution < 1.29 is 9.53 Å². The molecule has 1 aliphatic rings. The zero-order chi connectivity index (χ0) is 13.1. The van der Waals surface area contributed by atoms with Crippen LogP contribution in [0.1, 0.15) is 45.2 Å². The van der Waals surface area contributed by atoms with E-state index in [0.717, 1.165) is 24.9 Å². The summed E-state index contributed by atoms with van der Waals surface area (Å²) in [6.45, 7) is 6.42. The van der Waals surface area contributed by atoms with Crippen LogP contribution < -0.4 is 4.74 Å². The first kappa shape index (κ1) is 12.9. The molecule has 18 heavy (non-hydrogen) atoms. The first-order valence-electron chi connectivity index (χ1n) is 6.48. The fourth-order valence-corrected chi connectivity index (χ4v) is 2.45. The Morgan fingerprint density at radius 3 is 3.00 bits per heavy atom. The number of rotatable bonds is 3. The van der Waals surface area contributed by atoms with Crippen LogP contribution in [0.25, 0.3) is 0 Å². The molecule has 1 saturated heterocycles. The predicted octanol–water partition coefficient (Wildman–Crippen LogP) is 2.55. The van der Waals surface area contributed by atoms with E-state index in [9.17, 15) is 4.79 Å². The summed E-state index contributed by atoms with van der Waals surface area (Å²) in [5, 5.41) is 0. The number of carbonyl (C=O) groups is 1. The summed E-state index contributed by atoms with van der Waals surface area (Å²) in [6.07, 6.45) is 3.85. The van der Waals surface area contributed by atoms with Crippen molar-refractivity contribution in [3.05, 3.63) is 23.9 Å². The Kier molecular flexibility index (Phi) is 3.84. The van der Waals surface area contributed by atoms with Crippen LogP contribution in [0.15, 0.2) is 18.3 Å². The number of pyridine rings is 1. The van der Waals surface area contributed by atoms with Gasteiger partial charge in [-0.25, -0.2) is 4.98 Å². The summed E-state index contributed by atoms with van der Waals surface area (Å²) in [4.78, 5) is 17.8. The molecule has 1 fully saturated rings. The van der Waals surface area contributed by atoms with Crippen LogP contribution in [0.3, 0.4) is 0 Å². The molecule has 2 heterocycles. The van der Waals surface area contributed by atoms with Crippen molar-refractivity contribution in [1.29, 1.82) is 0 Å². The van der Waals surface area contributed by atoms with Crippen LogP contribution in [0.5, 0.6) is 5.88 Å². The topological polar surface area (TPSA) is 42.4 Å². The lowest BCUT2D eigenvalue weighted by molar-refractivity contribution is -0.129. The highest BCUT2D eigenvalue weighted by Gasteiger charge is 2.30. The van der Waals surface area contributed by atoms with E-state index < -0.39 is 0 Å². The molecule has 0 N–H and O–H groups in total. The van der Waals surface area contributed by atoms with Gasteiger partial charge in [0.1, 0.15) is 0 Å². The molecule has 1 aliphatic heterocycles. The molecule has 0 aliphatic carbocycles. The van der Waals surface area contributed by atoms with Crippen molar-refractivity contribution >= 4 is 5.91 Å². The highest BCUT2D eigenvalue weighted by atomic mass is 16.5. The summed E-state index contributed by atoms with van der Waals surface area (Å²) in [5.74, 6) is 0.780. The summed E-state index contributed by atoms with van der Waals surface area (Å²) in [6, 6.07) is 4.03. The number of ether oxygens (including phenoxy) is 1. The van der Waals surface area contributed by atoms with Gasteiger partial charge in [0.2, 0.25) is 11.8 Å². The van der Waals surface area contributed by atoms with Crippen LogP contribution in [0.4, 0.5) is 0 Å². The maximum atomic E-state index is 11.6. The second-order valence-corrected chi connectivity index (χ2v) is 4.93. The lowest BCUT2D eigenvalue weighted by Crippen LogP contribution is -2.28. The van der Waals surface area contributed by atoms with Crippen molar-refractivity contribution in [2.45, 2.75) is 45.8 Å². The second-order valence-electron chi connectivity index (χ2n) is 4.93. The molecule has 4 heteroatoms. The monoisotopic (exact) mass is 248 g/mol. The molecule has 0 saturated carbocycles. The van der Waals surface area contributed by atoms with E-state index in [1.165, 1.54) is 0 Å². The second kappa shape index (κ2) is 5.38. The first-order chi connectivity index (χ1) is 8.59. The SMILES string of the molecule is CC(=O)N1CCC[C@@H]1c1cccnc1OC(C)C. The maximum Gasteiger partial charge on any atom is 0.219 e. The highest BCUT2D eigenvalue weighted by Crippen LogP contribution is 2.36. The Hall–Kier alpha value is -1.58. The van der Waals surface area contributed by atoms with Gasteiger partial charge in [-0.15, -0.1) is 0 Å². The van der Waals surface area contributed by atoms with Crippen LogP contribution in [0, 0.1) is 0 Å². The van der Waals surface area contributed by atoms with Gasteiger partial charge in [0.15, 0.2) is 0 Å². The Labute approximate surface area is 108 Å². The normalized spacial score (nSPS) is 19.3. The standard InChI is InChI=1S/C14H20N2O2/c1-10(2)18-14-12(6-4-8-15-14)13-7-5-9-16(13)11(3)17/h4,6,8,10,13H,5,7,9H2,1-3H3/t13-/m1/s1. The van der Waals surface area contributed by atoms with Crippen molar-refractivity contribution in [2.24, 2.45) is 0 Å². The fourth-order valence-electron chi connectivity index (χ4n) is 2.45. The van der Waals surface area contributed by atoms with Crippen LogP contribution in [0.2, 0.25) is 0 Å². The summed E-state index contributed by atoms with van der Waals surface area (Å²) in [7, 11) is 0. The summed E-state index contributed by atoms with van der Waals surface area (Å²) in [5.41, 5.74) is 1.03. The van der Waals surface area contributed by atoms with Gasteiger partial charge in [0.25, 0.3) is 0 Å². The number of amides is 1. The predicted molar refractivity (Wildman–Crippen MR) is 69.4 cm³/mol. The van der Waals surface area contributed by atoms with Crippen molar-refractivity contribution in [2.75, 3.05) is 6.54 Å². The molecule has 1 aromatic heterocycles. The van der Waals surface area contributed by atoms with Crippen LogP contribution >= 0.6 is 0 Å². The number of carbonyl (C=O) groups excluding carboxylic acids is 1. The molecule has 1 atom stereocenters. The van der Waals surface area contributed by atoms with Gasteiger partial charge < -0.3 is 9.64 Å². The van der Waals surface area contributed by atoms with E-state index >= 15 is 0 Å². The zero-order valence-corrected chi connectivity index (χ0v) is 11.2. The molecule has 0 unspecified atom stereocenters. The van der Waals surface area contributed by atoms with Gasteiger partial charge in [-0.3, -0.25) is 4.79 Å². The Morgan fingerprint density at radius 1 is 1.56 bits per heavy atom. The average Bonchev–Trinajstić information content (AvgIpc) is 2.77. The number of hydrogen-bond donors (Lipinski definition) is 0. The number of aromatic nitrogens is 1. The minimum absolute atomic E-state index is 0.0887. The van der Waals surface area contributed by atoms with Crippen LogP contribution in [-0.2, 0) is 4.79 Å². The molecular weight excluding hydrogens is 228 g/mol. The van der Waals surface area contributed by atoms with Crippen molar-refractivity contribution in [3.63, 3.8) is 0 Å². The first-order valence-corrected chi connectivity index (χ1v) is 6.48. The minimum Gasteiger partial charge on any atom is -0.475 e. The van der Waals surface area contributed by atoms with E-state index in [1.54, 1.807) is 13.1 Å². The van der Waals surface area contributed by atoms with E-state index in [4.69, 9.17) is 4.74 Å². The van der Waals surface area contributed by atoms with Crippen molar-refractivity contribution in [1.82, 2.24) is 9.88 Å². The summed E-state index contributed by atoms with van der Waals surface area (Å²) < 4.78 is 5.74. The van der Waals surface area contributed by atoms with E-state index in [0.29, 0.717) is 5.88 Å². The molecule has 98 valence electrons. The Morgan fingerprint density at radius 2 is 2.33 bits per heavy atom. The molecule has 4 nitrogen and oxygen atoms in total. The Bertz CT molecular complexity index is 432. The zero-order valence-electron chi connectivity index (χ0n) is 11.2. The molecule has 0 radical (unpaired) electrons. The maximum absolute atomic E-state index is 11.6. The van der Waals surface area contributed by atoms with Gasteiger partial charge in [-0.2, -0.15) is 0 Å². The average molecular weight is 248 g/mol. The fraction of sp³-hybridized carbons (Fsp3) is 0.571. The van der Waals surface area contributed by atoms with E-state index in [-0.39, 0.29) is 18.1 Å². The minimum atomic E-state index is 0.0887. The molecule has 1 aromatic rings. The smallest absolute Gasteiger partial charge is 0.219 e. The highest BCUT2D eigenvalue weighted by molar-refractivity contribution is 5.74. The molecule has 1 amide bonds. The van der Waals surface area contributed by atoms with Crippen molar-refractivity contribution in [3.8, 4) is 5.88 Å². The van der Waals surface area contributed by atoms with E-state index in [1.807, 2.05) is 30.9 Å². The summed E-state index contributed by atoms with van der Waals surface area (Å²) >= 11 is 0. The largest absolute Gasteiger partial charge is 0.475 e. The van der Waals surface area contributed by atoms with Gasteiger partial charge in [-0.05, 0) is 32.8 Å². The molecule has 2 rings (SSSR count). The van der Waals surface area contributed by atoms with Crippen LogP contribution in [-0.4, -0.2) is 28.4 Å². The number of likely N-dealkylation sites (tertiary alicyclic amines) is 1. The molecule has 0 bridgehead atoms.